The van der Waals surface area contributed by atoms with Gasteiger partial charge in [-0.05, 0) is 32.6 Å². The fourth-order valence-corrected chi connectivity index (χ4v) is 2.99. The van der Waals surface area contributed by atoms with Gasteiger partial charge in [0.1, 0.15) is 12.0 Å². The minimum absolute atomic E-state index is 0.00572. The molecule has 0 aromatic carbocycles. The Balaban J connectivity index is 1.67. The number of rotatable bonds is 7. The Bertz CT molecular complexity index is 712. The Morgan fingerprint density at radius 1 is 1.32 bits per heavy atom. The standard InChI is InChI=1S/C16H24FN7O/c1-2-18-13(25)7-8-19-14-12-9-20-24-15(12)23-16(22-14)21-11-5-3-10(17)4-6-11/h9-11H,2-8H2,1H3,(H,18,25)(H3,19,20,21,22,23,24). The maximum Gasteiger partial charge on any atom is 0.226 e. The van der Waals surface area contributed by atoms with E-state index in [-0.39, 0.29) is 11.9 Å². The lowest BCUT2D eigenvalue weighted by atomic mass is 9.94. The zero-order chi connectivity index (χ0) is 17.6. The van der Waals surface area contributed by atoms with Gasteiger partial charge in [-0.1, -0.05) is 0 Å². The Morgan fingerprint density at radius 2 is 2.12 bits per heavy atom. The fraction of sp³-hybridized carbons (Fsp3) is 0.625. The Labute approximate surface area is 145 Å². The SMILES string of the molecule is CCNC(=O)CCNc1nc(NC2CCC(F)CC2)nc2[nH]ncc12. The molecule has 0 aliphatic heterocycles. The van der Waals surface area contributed by atoms with Crippen LogP contribution in [0.4, 0.5) is 16.2 Å². The molecular weight excluding hydrogens is 325 g/mol. The molecule has 2 heterocycles. The number of amides is 1. The van der Waals surface area contributed by atoms with Gasteiger partial charge >= 0.3 is 0 Å². The molecule has 1 fully saturated rings. The Hall–Kier alpha value is -2.45. The molecule has 0 saturated heterocycles. The van der Waals surface area contributed by atoms with E-state index in [2.05, 4.69) is 36.1 Å². The molecule has 1 saturated carbocycles. The van der Waals surface area contributed by atoms with Crippen LogP contribution in [0.15, 0.2) is 6.20 Å². The molecule has 0 unspecified atom stereocenters. The van der Waals surface area contributed by atoms with Crippen LogP contribution in [-0.4, -0.2) is 51.4 Å². The van der Waals surface area contributed by atoms with Crippen LogP contribution in [0, 0.1) is 0 Å². The molecule has 4 N–H and O–H groups in total. The van der Waals surface area contributed by atoms with Crippen molar-refractivity contribution in [3.63, 3.8) is 0 Å². The minimum Gasteiger partial charge on any atom is -0.369 e. The molecule has 0 atom stereocenters. The maximum absolute atomic E-state index is 13.3. The lowest BCUT2D eigenvalue weighted by Crippen LogP contribution is -2.27. The molecule has 2 aromatic rings. The largest absolute Gasteiger partial charge is 0.369 e. The normalized spacial score (nSPS) is 20.4. The van der Waals surface area contributed by atoms with Crippen LogP contribution >= 0.6 is 0 Å². The first-order chi connectivity index (χ1) is 12.2. The van der Waals surface area contributed by atoms with Gasteiger partial charge in [0.2, 0.25) is 11.9 Å². The summed E-state index contributed by atoms with van der Waals surface area (Å²) >= 11 is 0. The van der Waals surface area contributed by atoms with Crippen LogP contribution in [0.25, 0.3) is 11.0 Å². The molecule has 1 amide bonds. The van der Waals surface area contributed by atoms with Crippen molar-refractivity contribution in [2.24, 2.45) is 0 Å². The monoisotopic (exact) mass is 349 g/mol. The summed E-state index contributed by atoms with van der Waals surface area (Å²) in [5.41, 5.74) is 0.622. The second kappa shape index (κ2) is 8.09. The van der Waals surface area contributed by atoms with Crippen molar-refractivity contribution in [3.05, 3.63) is 6.20 Å². The van der Waals surface area contributed by atoms with Crippen LogP contribution in [0.1, 0.15) is 39.0 Å². The topological polar surface area (TPSA) is 108 Å². The summed E-state index contributed by atoms with van der Waals surface area (Å²) in [6, 6.07) is 0.176. The van der Waals surface area contributed by atoms with E-state index < -0.39 is 6.17 Å². The summed E-state index contributed by atoms with van der Waals surface area (Å²) in [5.74, 6) is 1.11. The van der Waals surface area contributed by atoms with Crippen LogP contribution in [-0.2, 0) is 4.79 Å². The number of aromatic amines is 1. The number of fused-ring (bicyclic) bond motifs is 1. The van der Waals surface area contributed by atoms with Crippen LogP contribution in [0.3, 0.4) is 0 Å². The van der Waals surface area contributed by atoms with Crippen molar-refractivity contribution in [1.29, 1.82) is 0 Å². The number of carbonyl (C=O) groups excluding carboxylic acids is 1. The highest BCUT2D eigenvalue weighted by atomic mass is 19.1. The molecule has 0 radical (unpaired) electrons. The second-order valence-electron chi connectivity index (χ2n) is 6.25. The van der Waals surface area contributed by atoms with Crippen LogP contribution < -0.4 is 16.0 Å². The third-order valence-corrected chi connectivity index (χ3v) is 4.32. The van der Waals surface area contributed by atoms with Crippen molar-refractivity contribution in [3.8, 4) is 0 Å². The number of aromatic nitrogens is 4. The minimum atomic E-state index is -0.694. The summed E-state index contributed by atoms with van der Waals surface area (Å²) in [5, 5.41) is 16.8. The first-order valence-electron chi connectivity index (χ1n) is 8.78. The number of H-pyrrole nitrogens is 1. The van der Waals surface area contributed by atoms with Gasteiger partial charge in [-0.3, -0.25) is 9.89 Å². The number of halogens is 1. The molecule has 1 aliphatic rings. The van der Waals surface area contributed by atoms with Crippen molar-refractivity contribution in [2.45, 2.75) is 51.2 Å². The van der Waals surface area contributed by atoms with Gasteiger partial charge < -0.3 is 16.0 Å². The highest BCUT2D eigenvalue weighted by Gasteiger charge is 2.21. The van der Waals surface area contributed by atoms with E-state index in [9.17, 15) is 9.18 Å². The smallest absolute Gasteiger partial charge is 0.226 e. The van der Waals surface area contributed by atoms with Crippen molar-refractivity contribution in [1.82, 2.24) is 25.5 Å². The van der Waals surface area contributed by atoms with Gasteiger partial charge in [0.05, 0.1) is 11.6 Å². The number of hydrogen-bond acceptors (Lipinski definition) is 6. The third kappa shape index (κ3) is 4.55. The number of nitrogens with zero attached hydrogens (tertiary/aromatic N) is 3. The summed E-state index contributed by atoms with van der Waals surface area (Å²) < 4.78 is 13.3. The second-order valence-corrected chi connectivity index (χ2v) is 6.25. The van der Waals surface area contributed by atoms with Gasteiger partial charge in [0.15, 0.2) is 5.65 Å². The molecule has 2 aromatic heterocycles. The maximum atomic E-state index is 13.3. The third-order valence-electron chi connectivity index (χ3n) is 4.32. The van der Waals surface area contributed by atoms with Crippen molar-refractivity contribution >= 4 is 28.7 Å². The zero-order valence-electron chi connectivity index (χ0n) is 14.3. The first kappa shape index (κ1) is 17.4. The predicted octanol–water partition coefficient (Wildman–Crippen LogP) is 1.98. The number of alkyl halides is 1. The average Bonchev–Trinajstić information content (AvgIpc) is 3.06. The Morgan fingerprint density at radius 3 is 2.88 bits per heavy atom. The highest BCUT2D eigenvalue weighted by Crippen LogP contribution is 2.25. The molecule has 0 bridgehead atoms. The number of anilines is 2. The van der Waals surface area contributed by atoms with E-state index in [1.165, 1.54) is 0 Å². The first-order valence-corrected chi connectivity index (χ1v) is 8.78. The molecule has 25 heavy (non-hydrogen) atoms. The van der Waals surface area contributed by atoms with E-state index in [1.54, 1.807) is 6.20 Å². The van der Waals surface area contributed by atoms with Crippen molar-refractivity contribution < 1.29 is 9.18 Å². The van der Waals surface area contributed by atoms with E-state index in [0.717, 1.165) is 18.2 Å². The zero-order valence-corrected chi connectivity index (χ0v) is 14.3. The number of carbonyl (C=O) groups is 1. The number of hydrogen-bond donors (Lipinski definition) is 4. The van der Waals surface area contributed by atoms with E-state index in [4.69, 9.17) is 0 Å². The Kier molecular flexibility index (Phi) is 5.62. The predicted molar refractivity (Wildman–Crippen MR) is 94.2 cm³/mol. The molecule has 3 rings (SSSR count). The summed E-state index contributed by atoms with van der Waals surface area (Å²) in [7, 11) is 0. The summed E-state index contributed by atoms with van der Waals surface area (Å²) in [6.07, 6.45) is 4.00. The van der Waals surface area contributed by atoms with E-state index >= 15 is 0 Å². The molecule has 0 spiro atoms. The van der Waals surface area contributed by atoms with Gasteiger partial charge in [0.25, 0.3) is 0 Å². The quantitative estimate of drug-likeness (QED) is 0.609. The average molecular weight is 349 g/mol. The summed E-state index contributed by atoms with van der Waals surface area (Å²) in [4.78, 5) is 20.5. The fourth-order valence-electron chi connectivity index (χ4n) is 2.99. The van der Waals surface area contributed by atoms with E-state index in [0.29, 0.717) is 49.8 Å². The van der Waals surface area contributed by atoms with Crippen molar-refractivity contribution in [2.75, 3.05) is 23.7 Å². The van der Waals surface area contributed by atoms with Gasteiger partial charge in [-0.15, -0.1) is 0 Å². The van der Waals surface area contributed by atoms with Gasteiger partial charge in [0, 0.05) is 25.6 Å². The lowest BCUT2D eigenvalue weighted by molar-refractivity contribution is -0.120. The molecule has 1 aliphatic carbocycles. The van der Waals surface area contributed by atoms with E-state index in [1.807, 2.05) is 6.92 Å². The number of nitrogens with one attached hydrogen (secondary N) is 4. The molecule has 136 valence electrons. The summed E-state index contributed by atoms with van der Waals surface area (Å²) in [6.45, 7) is 2.97. The lowest BCUT2D eigenvalue weighted by Gasteiger charge is -2.25. The molecular formula is C16H24FN7O. The van der Waals surface area contributed by atoms with Gasteiger partial charge in [-0.25, -0.2) is 4.39 Å². The molecule has 8 nitrogen and oxygen atoms in total. The van der Waals surface area contributed by atoms with Gasteiger partial charge in [-0.2, -0.15) is 15.1 Å². The van der Waals surface area contributed by atoms with Crippen LogP contribution in [0.2, 0.25) is 0 Å². The highest BCUT2D eigenvalue weighted by molar-refractivity contribution is 5.87. The van der Waals surface area contributed by atoms with Crippen LogP contribution in [0.5, 0.6) is 0 Å². The molecule has 9 heteroatoms.